The third-order valence-electron chi connectivity index (χ3n) is 1.57. The van der Waals surface area contributed by atoms with Gasteiger partial charge in [-0.1, -0.05) is 6.08 Å². The van der Waals surface area contributed by atoms with Gasteiger partial charge in [0.2, 0.25) is 0 Å². The number of hydrogen-bond acceptors (Lipinski definition) is 4. The van der Waals surface area contributed by atoms with Crippen LogP contribution in [0, 0.1) is 10.1 Å². The lowest BCUT2D eigenvalue weighted by Crippen LogP contribution is -2.08. The van der Waals surface area contributed by atoms with Gasteiger partial charge in [0.05, 0.1) is 16.7 Å². The first-order chi connectivity index (χ1) is 6.15. The number of pyridine rings is 1. The smallest absolute Gasteiger partial charge is 0.272 e. The molecule has 5 nitrogen and oxygen atoms in total. The standard InChI is InChI=1S/C8H9N3O2/c1-2-7(9)8-5-6(11(12)13)3-4-10-8/h2-5,7H,1,9H2/t7-/m0/s1. The van der Waals surface area contributed by atoms with E-state index in [9.17, 15) is 10.1 Å². The summed E-state index contributed by atoms with van der Waals surface area (Å²) in [5.41, 5.74) is 6.00. The summed E-state index contributed by atoms with van der Waals surface area (Å²) in [4.78, 5) is 13.8. The van der Waals surface area contributed by atoms with Gasteiger partial charge in [-0.3, -0.25) is 15.1 Å². The first-order valence-electron chi connectivity index (χ1n) is 3.63. The minimum absolute atomic E-state index is 0.0118. The molecule has 1 rings (SSSR count). The summed E-state index contributed by atoms with van der Waals surface area (Å²) in [6.07, 6.45) is 2.84. The van der Waals surface area contributed by atoms with Crippen LogP contribution in [0.15, 0.2) is 31.0 Å². The van der Waals surface area contributed by atoms with Crippen LogP contribution in [0.5, 0.6) is 0 Å². The predicted octanol–water partition coefficient (Wildman–Crippen LogP) is 1.18. The Hall–Kier alpha value is -1.75. The molecule has 1 heterocycles. The summed E-state index contributed by atoms with van der Waals surface area (Å²) in [5, 5.41) is 10.4. The van der Waals surface area contributed by atoms with Gasteiger partial charge < -0.3 is 5.73 Å². The van der Waals surface area contributed by atoms with Gasteiger partial charge >= 0.3 is 0 Å². The number of aromatic nitrogens is 1. The summed E-state index contributed by atoms with van der Waals surface area (Å²) in [5.74, 6) is 0. The van der Waals surface area contributed by atoms with Crippen molar-refractivity contribution in [1.29, 1.82) is 0 Å². The molecule has 0 aliphatic carbocycles. The van der Waals surface area contributed by atoms with Gasteiger partial charge in [0, 0.05) is 18.3 Å². The molecule has 0 fully saturated rings. The highest BCUT2D eigenvalue weighted by Gasteiger charge is 2.09. The number of rotatable bonds is 3. The third kappa shape index (κ3) is 2.09. The van der Waals surface area contributed by atoms with Crippen molar-refractivity contribution in [3.05, 3.63) is 46.8 Å². The summed E-state index contributed by atoms with van der Waals surface area (Å²) in [6, 6.07) is 2.20. The van der Waals surface area contributed by atoms with Crippen molar-refractivity contribution in [1.82, 2.24) is 4.98 Å². The molecule has 0 unspecified atom stereocenters. The van der Waals surface area contributed by atoms with Crippen LogP contribution in [0.3, 0.4) is 0 Å². The maximum Gasteiger partial charge on any atom is 0.272 e. The number of nitro groups is 1. The van der Waals surface area contributed by atoms with Gasteiger partial charge in [0.15, 0.2) is 0 Å². The maximum atomic E-state index is 10.4. The Kier molecular flexibility index (Phi) is 2.71. The van der Waals surface area contributed by atoms with Crippen LogP contribution in [0.2, 0.25) is 0 Å². The van der Waals surface area contributed by atoms with Crippen LogP contribution < -0.4 is 5.73 Å². The fourth-order valence-electron chi connectivity index (χ4n) is 0.853. The maximum absolute atomic E-state index is 10.4. The zero-order valence-corrected chi connectivity index (χ0v) is 6.88. The third-order valence-corrected chi connectivity index (χ3v) is 1.57. The Morgan fingerprint density at radius 1 is 1.77 bits per heavy atom. The predicted molar refractivity (Wildman–Crippen MR) is 48.0 cm³/mol. The van der Waals surface area contributed by atoms with Crippen molar-refractivity contribution in [3.8, 4) is 0 Å². The quantitative estimate of drug-likeness (QED) is 0.429. The lowest BCUT2D eigenvalue weighted by molar-refractivity contribution is -0.385. The first kappa shape index (κ1) is 9.34. The van der Waals surface area contributed by atoms with Gasteiger partial charge in [0.25, 0.3) is 5.69 Å². The molecular weight excluding hydrogens is 170 g/mol. The highest BCUT2D eigenvalue weighted by molar-refractivity contribution is 5.31. The fraction of sp³-hybridized carbons (Fsp3) is 0.125. The van der Waals surface area contributed by atoms with Gasteiger partial charge in [0.1, 0.15) is 0 Å². The lowest BCUT2D eigenvalue weighted by atomic mass is 10.2. The molecule has 1 aromatic heterocycles. The topological polar surface area (TPSA) is 82.0 Å². The number of nitrogens with zero attached hydrogens (tertiary/aromatic N) is 2. The fourth-order valence-corrected chi connectivity index (χ4v) is 0.853. The molecule has 0 bridgehead atoms. The zero-order valence-electron chi connectivity index (χ0n) is 6.88. The molecule has 0 saturated heterocycles. The molecule has 1 aromatic rings. The van der Waals surface area contributed by atoms with Gasteiger partial charge in [-0.2, -0.15) is 0 Å². The second-order valence-electron chi connectivity index (χ2n) is 2.46. The van der Waals surface area contributed by atoms with E-state index in [4.69, 9.17) is 5.73 Å². The van der Waals surface area contributed by atoms with Crippen molar-refractivity contribution in [2.45, 2.75) is 6.04 Å². The minimum atomic E-state index is -0.485. The van der Waals surface area contributed by atoms with Crippen molar-refractivity contribution in [2.75, 3.05) is 0 Å². The normalized spacial score (nSPS) is 12.1. The summed E-state index contributed by atoms with van der Waals surface area (Å²) >= 11 is 0. The lowest BCUT2D eigenvalue weighted by Gasteiger charge is -2.03. The summed E-state index contributed by atoms with van der Waals surface area (Å²) in [6.45, 7) is 3.48. The van der Waals surface area contributed by atoms with Crippen LogP contribution in [-0.4, -0.2) is 9.91 Å². The first-order valence-corrected chi connectivity index (χ1v) is 3.63. The van der Waals surface area contributed by atoms with Crippen LogP contribution >= 0.6 is 0 Å². The zero-order chi connectivity index (χ0) is 9.84. The number of nitrogens with two attached hydrogens (primary N) is 1. The van der Waals surface area contributed by atoms with E-state index in [1.54, 1.807) is 0 Å². The largest absolute Gasteiger partial charge is 0.319 e. The molecule has 68 valence electrons. The molecule has 1 atom stereocenters. The van der Waals surface area contributed by atoms with E-state index in [0.717, 1.165) is 0 Å². The Bertz CT molecular complexity index is 338. The van der Waals surface area contributed by atoms with E-state index in [-0.39, 0.29) is 5.69 Å². The Labute approximate surface area is 75.0 Å². The Balaban J connectivity index is 3.04. The molecule has 0 aliphatic rings. The van der Waals surface area contributed by atoms with Crippen molar-refractivity contribution >= 4 is 5.69 Å². The highest BCUT2D eigenvalue weighted by atomic mass is 16.6. The van der Waals surface area contributed by atoms with E-state index in [1.807, 2.05) is 0 Å². The molecule has 0 spiro atoms. The summed E-state index contributed by atoms with van der Waals surface area (Å²) < 4.78 is 0. The van der Waals surface area contributed by atoms with Crippen molar-refractivity contribution in [2.24, 2.45) is 5.73 Å². The second-order valence-corrected chi connectivity index (χ2v) is 2.46. The Morgan fingerprint density at radius 2 is 2.46 bits per heavy atom. The van der Waals surface area contributed by atoms with Gasteiger partial charge in [-0.15, -0.1) is 6.58 Å². The number of hydrogen-bond donors (Lipinski definition) is 1. The molecule has 5 heteroatoms. The van der Waals surface area contributed by atoms with E-state index in [2.05, 4.69) is 11.6 Å². The molecule has 2 N–H and O–H groups in total. The molecule has 0 aliphatic heterocycles. The minimum Gasteiger partial charge on any atom is -0.319 e. The average Bonchev–Trinajstić information content (AvgIpc) is 2.17. The van der Waals surface area contributed by atoms with Crippen LogP contribution in [0.1, 0.15) is 11.7 Å². The van der Waals surface area contributed by atoms with Crippen molar-refractivity contribution in [3.63, 3.8) is 0 Å². The molecule has 0 saturated carbocycles. The molecule has 0 amide bonds. The van der Waals surface area contributed by atoms with Gasteiger partial charge in [-0.25, -0.2) is 0 Å². The molecule has 0 radical (unpaired) electrons. The van der Waals surface area contributed by atoms with Crippen molar-refractivity contribution < 1.29 is 4.92 Å². The Morgan fingerprint density at radius 3 is 3.00 bits per heavy atom. The summed E-state index contributed by atoms with van der Waals surface area (Å²) in [7, 11) is 0. The van der Waals surface area contributed by atoms with Crippen LogP contribution in [-0.2, 0) is 0 Å². The molecule has 13 heavy (non-hydrogen) atoms. The van der Waals surface area contributed by atoms with E-state index in [1.165, 1.54) is 24.4 Å². The molecule has 0 aromatic carbocycles. The molecular formula is C8H9N3O2. The van der Waals surface area contributed by atoms with E-state index >= 15 is 0 Å². The van der Waals surface area contributed by atoms with Crippen LogP contribution in [0.25, 0.3) is 0 Å². The van der Waals surface area contributed by atoms with Crippen LogP contribution in [0.4, 0.5) is 5.69 Å². The highest BCUT2D eigenvalue weighted by Crippen LogP contribution is 2.15. The second kappa shape index (κ2) is 3.77. The monoisotopic (exact) mass is 179 g/mol. The van der Waals surface area contributed by atoms with E-state index in [0.29, 0.717) is 5.69 Å². The SMILES string of the molecule is C=C[C@H](N)c1cc([N+](=O)[O-])ccn1. The van der Waals surface area contributed by atoms with Gasteiger partial charge in [-0.05, 0) is 0 Å². The van der Waals surface area contributed by atoms with E-state index < -0.39 is 11.0 Å². The average molecular weight is 179 g/mol.